The standard InChI is InChI=1S/C21H21N3O3/c1-26-17-10-5-7-15(13-17)18-14-20(22-21(25)19-11-6-12-27-19)24(23-18)16-8-3-2-4-9-16/h2-5,7-10,13-14,19H,6,11-12H2,1H3,(H,22,25)/t19-/m0/s1. The van der Waals surface area contributed by atoms with Crippen LogP contribution < -0.4 is 10.1 Å². The summed E-state index contributed by atoms with van der Waals surface area (Å²) in [4.78, 5) is 12.5. The van der Waals surface area contributed by atoms with Gasteiger partial charge in [-0.3, -0.25) is 4.79 Å². The van der Waals surface area contributed by atoms with Crippen LogP contribution in [-0.2, 0) is 9.53 Å². The Bertz CT molecular complexity index is 931. The Balaban J connectivity index is 1.71. The monoisotopic (exact) mass is 363 g/mol. The molecule has 1 aliphatic heterocycles. The molecule has 0 bridgehead atoms. The lowest BCUT2D eigenvalue weighted by Gasteiger charge is -2.12. The third-order valence-corrected chi connectivity index (χ3v) is 4.55. The molecule has 6 heteroatoms. The number of rotatable bonds is 5. The molecule has 3 aromatic rings. The summed E-state index contributed by atoms with van der Waals surface area (Å²) in [6, 6.07) is 19.3. The number of nitrogens with one attached hydrogen (secondary N) is 1. The van der Waals surface area contributed by atoms with Crippen LogP contribution in [0.4, 0.5) is 5.82 Å². The van der Waals surface area contributed by atoms with Crippen molar-refractivity contribution >= 4 is 11.7 Å². The van der Waals surface area contributed by atoms with Crippen LogP contribution in [0.2, 0.25) is 0 Å². The Labute approximate surface area is 157 Å². The molecule has 138 valence electrons. The van der Waals surface area contributed by atoms with Crippen molar-refractivity contribution in [3.63, 3.8) is 0 Å². The number of aromatic nitrogens is 2. The molecule has 0 unspecified atom stereocenters. The number of ether oxygens (including phenoxy) is 2. The molecule has 2 aromatic carbocycles. The average molecular weight is 363 g/mol. The van der Waals surface area contributed by atoms with Gasteiger partial charge in [0.05, 0.1) is 18.5 Å². The van der Waals surface area contributed by atoms with Crippen molar-refractivity contribution in [2.45, 2.75) is 18.9 Å². The number of carbonyl (C=O) groups excluding carboxylic acids is 1. The number of hydrogen-bond donors (Lipinski definition) is 1. The van der Waals surface area contributed by atoms with Gasteiger partial charge in [0.2, 0.25) is 0 Å². The fourth-order valence-corrected chi connectivity index (χ4v) is 3.15. The topological polar surface area (TPSA) is 65.4 Å². The zero-order valence-electron chi connectivity index (χ0n) is 15.1. The molecule has 1 fully saturated rings. The number of para-hydroxylation sites is 1. The second-order valence-corrected chi connectivity index (χ2v) is 6.39. The van der Waals surface area contributed by atoms with E-state index in [-0.39, 0.29) is 5.91 Å². The maximum Gasteiger partial charge on any atom is 0.254 e. The Hall–Kier alpha value is -3.12. The van der Waals surface area contributed by atoms with Gasteiger partial charge in [-0.2, -0.15) is 5.10 Å². The van der Waals surface area contributed by atoms with E-state index in [1.807, 2.05) is 60.7 Å². The van der Waals surface area contributed by atoms with Crippen molar-refractivity contribution in [3.8, 4) is 22.7 Å². The minimum absolute atomic E-state index is 0.137. The van der Waals surface area contributed by atoms with Crippen LogP contribution in [0.5, 0.6) is 5.75 Å². The van der Waals surface area contributed by atoms with Gasteiger partial charge in [-0.05, 0) is 37.1 Å². The van der Waals surface area contributed by atoms with Crippen LogP contribution in [0, 0.1) is 0 Å². The molecule has 1 atom stereocenters. The SMILES string of the molecule is COc1cccc(-c2cc(NC(=O)[C@@H]3CCCO3)n(-c3ccccc3)n2)c1. The van der Waals surface area contributed by atoms with Gasteiger partial charge in [0.25, 0.3) is 5.91 Å². The minimum atomic E-state index is -0.399. The Morgan fingerprint density at radius 2 is 2.04 bits per heavy atom. The molecule has 0 saturated carbocycles. The smallest absolute Gasteiger partial charge is 0.254 e. The van der Waals surface area contributed by atoms with E-state index in [0.717, 1.165) is 35.5 Å². The Kier molecular flexibility index (Phi) is 4.89. The summed E-state index contributed by atoms with van der Waals surface area (Å²) in [5.74, 6) is 1.23. The van der Waals surface area contributed by atoms with E-state index in [2.05, 4.69) is 5.32 Å². The van der Waals surface area contributed by atoms with Gasteiger partial charge in [0, 0.05) is 18.2 Å². The number of hydrogen-bond acceptors (Lipinski definition) is 4. The van der Waals surface area contributed by atoms with Crippen LogP contribution >= 0.6 is 0 Å². The van der Waals surface area contributed by atoms with E-state index in [1.165, 1.54) is 0 Å². The first kappa shape index (κ1) is 17.3. The molecule has 2 heterocycles. The fraction of sp³-hybridized carbons (Fsp3) is 0.238. The molecule has 27 heavy (non-hydrogen) atoms. The normalized spacial score (nSPS) is 16.3. The maximum absolute atomic E-state index is 12.5. The summed E-state index contributed by atoms with van der Waals surface area (Å²) < 4.78 is 12.5. The average Bonchev–Trinajstić information content (AvgIpc) is 3.39. The summed E-state index contributed by atoms with van der Waals surface area (Å²) in [5, 5.41) is 7.69. The first-order chi connectivity index (χ1) is 13.2. The molecule has 4 rings (SSSR count). The highest BCUT2D eigenvalue weighted by molar-refractivity contribution is 5.94. The lowest BCUT2D eigenvalue weighted by molar-refractivity contribution is -0.124. The van der Waals surface area contributed by atoms with Gasteiger partial charge in [-0.25, -0.2) is 4.68 Å². The van der Waals surface area contributed by atoms with Gasteiger partial charge in [-0.15, -0.1) is 0 Å². The van der Waals surface area contributed by atoms with E-state index in [4.69, 9.17) is 14.6 Å². The first-order valence-electron chi connectivity index (χ1n) is 8.97. The predicted octanol–water partition coefficient (Wildman–Crippen LogP) is 3.67. The lowest BCUT2D eigenvalue weighted by atomic mass is 10.1. The number of methoxy groups -OCH3 is 1. The lowest BCUT2D eigenvalue weighted by Crippen LogP contribution is -2.27. The van der Waals surface area contributed by atoms with E-state index >= 15 is 0 Å². The minimum Gasteiger partial charge on any atom is -0.497 e. The van der Waals surface area contributed by atoms with Crippen molar-refractivity contribution in [1.82, 2.24) is 9.78 Å². The molecule has 1 saturated heterocycles. The predicted molar refractivity (Wildman–Crippen MR) is 103 cm³/mol. The Morgan fingerprint density at radius 3 is 2.78 bits per heavy atom. The molecule has 1 aliphatic rings. The second kappa shape index (κ2) is 7.63. The van der Waals surface area contributed by atoms with Gasteiger partial charge in [-0.1, -0.05) is 30.3 Å². The van der Waals surface area contributed by atoms with Crippen LogP contribution in [0.25, 0.3) is 16.9 Å². The molecule has 1 N–H and O–H groups in total. The largest absolute Gasteiger partial charge is 0.497 e. The van der Waals surface area contributed by atoms with Crippen LogP contribution in [0.15, 0.2) is 60.7 Å². The maximum atomic E-state index is 12.5. The molecule has 0 radical (unpaired) electrons. The number of benzene rings is 2. The molecule has 1 amide bonds. The highest BCUT2D eigenvalue weighted by Crippen LogP contribution is 2.28. The van der Waals surface area contributed by atoms with Gasteiger partial charge in [0.15, 0.2) is 0 Å². The molecular weight excluding hydrogens is 342 g/mol. The fourth-order valence-electron chi connectivity index (χ4n) is 3.15. The quantitative estimate of drug-likeness (QED) is 0.751. The molecule has 1 aromatic heterocycles. The zero-order valence-corrected chi connectivity index (χ0v) is 15.1. The van der Waals surface area contributed by atoms with Crippen molar-refractivity contribution < 1.29 is 14.3 Å². The van der Waals surface area contributed by atoms with Gasteiger partial charge >= 0.3 is 0 Å². The summed E-state index contributed by atoms with van der Waals surface area (Å²) in [6.45, 7) is 0.630. The van der Waals surface area contributed by atoms with E-state index in [1.54, 1.807) is 11.8 Å². The van der Waals surface area contributed by atoms with Crippen molar-refractivity contribution in [2.75, 3.05) is 19.0 Å². The van der Waals surface area contributed by atoms with Crippen LogP contribution in [0.1, 0.15) is 12.8 Å². The third kappa shape index (κ3) is 3.71. The van der Waals surface area contributed by atoms with Crippen molar-refractivity contribution in [3.05, 3.63) is 60.7 Å². The van der Waals surface area contributed by atoms with Crippen molar-refractivity contribution in [1.29, 1.82) is 0 Å². The van der Waals surface area contributed by atoms with E-state index < -0.39 is 6.10 Å². The Morgan fingerprint density at radius 1 is 1.19 bits per heavy atom. The second-order valence-electron chi connectivity index (χ2n) is 6.39. The number of nitrogens with zero attached hydrogens (tertiary/aromatic N) is 2. The van der Waals surface area contributed by atoms with Crippen LogP contribution in [0.3, 0.4) is 0 Å². The highest BCUT2D eigenvalue weighted by atomic mass is 16.5. The van der Waals surface area contributed by atoms with Gasteiger partial charge < -0.3 is 14.8 Å². The summed E-state index contributed by atoms with van der Waals surface area (Å²) in [6.07, 6.45) is 1.25. The summed E-state index contributed by atoms with van der Waals surface area (Å²) >= 11 is 0. The number of amides is 1. The molecule has 0 spiro atoms. The zero-order chi connectivity index (χ0) is 18.6. The molecule has 6 nitrogen and oxygen atoms in total. The van der Waals surface area contributed by atoms with Crippen LogP contribution in [-0.4, -0.2) is 35.5 Å². The summed E-state index contributed by atoms with van der Waals surface area (Å²) in [7, 11) is 1.63. The molecule has 0 aliphatic carbocycles. The number of anilines is 1. The first-order valence-corrected chi connectivity index (χ1v) is 8.97. The summed E-state index contributed by atoms with van der Waals surface area (Å²) in [5.41, 5.74) is 2.53. The number of carbonyl (C=O) groups is 1. The molecular formula is C21H21N3O3. The van der Waals surface area contributed by atoms with E-state index in [0.29, 0.717) is 12.4 Å². The van der Waals surface area contributed by atoms with Gasteiger partial charge in [0.1, 0.15) is 17.7 Å². The van der Waals surface area contributed by atoms with Crippen molar-refractivity contribution in [2.24, 2.45) is 0 Å². The third-order valence-electron chi connectivity index (χ3n) is 4.55. The highest BCUT2D eigenvalue weighted by Gasteiger charge is 2.25. The van der Waals surface area contributed by atoms with E-state index in [9.17, 15) is 4.79 Å².